The predicted octanol–water partition coefficient (Wildman–Crippen LogP) is 0.635. The van der Waals surface area contributed by atoms with E-state index in [1.54, 1.807) is 54.6 Å². The van der Waals surface area contributed by atoms with Crippen molar-refractivity contribution in [2.24, 2.45) is 0 Å². The van der Waals surface area contributed by atoms with Crippen LogP contribution in [0.1, 0.15) is 6.99 Å². The number of nitrogens with one attached hydrogen (secondary N) is 1. The van der Waals surface area contributed by atoms with E-state index in [4.69, 9.17) is 14.2 Å². The minimum atomic E-state index is -4.08. The van der Waals surface area contributed by atoms with Crippen LogP contribution in [-0.4, -0.2) is 53.8 Å². The first-order valence-corrected chi connectivity index (χ1v) is 12.5. The Bertz CT molecular complexity index is 1480. The number of hydrogen-bond acceptors (Lipinski definition) is 10. The summed E-state index contributed by atoms with van der Waals surface area (Å²) in [7, 11) is -2.61. The summed E-state index contributed by atoms with van der Waals surface area (Å²) < 4.78 is 45.4. The number of hydrogen-bond donors (Lipinski definition) is 2. The first kappa shape index (κ1) is 29.6. The van der Waals surface area contributed by atoms with Crippen molar-refractivity contribution < 1.29 is 80.5 Å². The van der Waals surface area contributed by atoms with Crippen LogP contribution < -0.4 is 70.3 Å². The van der Waals surface area contributed by atoms with E-state index in [0.717, 1.165) is 5.41 Å². The van der Waals surface area contributed by atoms with Crippen LogP contribution >= 0.6 is 0 Å². The second-order valence-corrected chi connectivity index (χ2v) is 8.85. The fraction of sp³-hybridized carbons (Fsp3) is 0.120. The van der Waals surface area contributed by atoms with Gasteiger partial charge in [0.25, 0.3) is 15.9 Å². The van der Waals surface area contributed by atoms with Crippen LogP contribution in [0.5, 0.6) is 23.1 Å². The van der Waals surface area contributed by atoms with E-state index >= 15 is 0 Å². The zero-order chi connectivity index (χ0) is 26.1. The number of anilines is 1. The van der Waals surface area contributed by atoms with Crippen molar-refractivity contribution in [1.82, 2.24) is 19.9 Å². The van der Waals surface area contributed by atoms with Crippen molar-refractivity contribution in [3.8, 4) is 34.8 Å². The number of aliphatic hydroxyl groups is 1. The molecule has 0 radical (unpaired) electrons. The quantitative estimate of drug-likeness (QED) is 0.250. The van der Waals surface area contributed by atoms with Crippen LogP contribution in [0.2, 0.25) is 0 Å². The maximum atomic E-state index is 13.0. The van der Waals surface area contributed by atoms with Gasteiger partial charge in [0.15, 0.2) is 23.1 Å². The molecular formula is C25H24KN5O6S. The van der Waals surface area contributed by atoms with Gasteiger partial charge in [-0.2, -0.15) is 4.98 Å². The molecule has 0 fully saturated rings. The molecule has 11 nitrogen and oxygen atoms in total. The Morgan fingerprint density at radius 2 is 1.63 bits per heavy atom. The summed E-state index contributed by atoms with van der Waals surface area (Å²) in [5.74, 6) is 0.229. The van der Waals surface area contributed by atoms with Crippen LogP contribution in [-0.2, 0) is 10.0 Å². The molecule has 2 heterocycles. The monoisotopic (exact) mass is 561 g/mol. The first-order chi connectivity index (χ1) is 18.0. The van der Waals surface area contributed by atoms with Gasteiger partial charge < -0.3 is 20.7 Å². The molecule has 0 aliphatic carbocycles. The zero-order valence-electron chi connectivity index (χ0n) is 21.7. The predicted molar refractivity (Wildman–Crippen MR) is 138 cm³/mol. The molecular weight excluding hydrogens is 537 g/mol. The fourth-order valence-corrected chi connectivity index (χ4v) is 3.87. The zero-order valence-corrected chi connectivity index (χ0v) is 24.6. The number of aromatic nitrogens is 4. The molecule has 0 bridgehead atoms. The Hall–Kier alpha value is -2.91. The molecule has 0 saturated heterocycles. The topological polar surface area (TPSA) is 146 Å². The summed E-state index contributed by atoms with van der Waals surface area (Å²) in [6, 6.07) is 17.3. The Kier molecular flexibility index (Phi) is 11.2. The number of benzene rings is 2. The fourth-order valence-electron chi connectivity index (χ4n) is 3.06. The van der Waals surface area contributed by atoms with Gasteiger partial charge in [0.2, 0.25) is 11.6 Å². The van der Waals surface area contributed by atoms with E-state index in [0.29, 0.717) is 11.3 Å². The van der Waals surface area contributed by atoms with Gasteiger partial charge in [0.05, 0.1) is 19.1 Å². The van der Waals surface area contributed by atoms with Crippen LogP contribution in [0, 0.1) is 0 Å². The van der Waals surface area contributed by atoms with Crippen LogP contribution in [0.25, 0.3) is 17.7 Å². The third-order valence-electron chi connectivity index (χ3n) is 4.69. The van der Waals surface area contributed by atoms with Crippen molar-refractivity contribution in [2.75, 3.05) is 25.0 Å². The third-order valence-corrected chi connectivity index (χ3v) is 5.66. The maximum absolute atomic E-state index is 13.0. The number of rotatable bonds is 11. The summed E-state index contributed by atoms with van der Waals surface area (Å²) in [5, 5.41) is 10.3. The SMILES string of the molecule is COc1ccccc1Oc1c(NS(=O)(=O)C=Cc2ccccc2)nc(-c2ncccn2)nc1OCCO.[H-].[K+]. The smallest absolute Gasteiger partial charge is 1.00 e. The molecule has 0 aliphatic heterocycles. The number of aliphatic hydroxyl groups excluding tert-OH is 1. The van der Waals surface area contributed by atoms with Gasteiger partial charge in [-0.15, -0.1) is 0 Å². The van der Waals surface area contributed by atoms with E-state index in [2.05, 4.69) is 24.7 Å². The van der Waals surface area contributed by atoms with E-state index < -0.39 is 10.0 Å². The van der Waals surface area contributed by atoms with E-state index in [9.17, 15) is 13.5 Å². The Balaban J connectivity index is 0.00000267. The molecule has 2 aromatic carbocycles. The molecule has 0 aliphatic rings. The van der Waals surface area contributed by atoms with Crippen LogP contribution in [0.3, 0.4) is 0 Å². The second kappa shape index (κ2) is 14.3. The Morgan fingerprint density at radius 1 is 0.947 bits per heavy atom. The van der Waals surface area contributed by atoms with Crippen molar-refractivity contribution in [1.29, 1.82) is 0 Å². The van der Waals surface area contributed by atoms with Crippen molar-refractivity contribution in [2.45, 2.75) is 0 Å². The largest absolute Gasteiger partial charge is 1.00 e. The molecule has 2 aromatic heterocycles. The first-order valence-electron chi connectivity index (χ1n) is 11.0. The van der Waals surface area contributed by atoms with Crippen molar-refractivity contribution in [3.63, 3.8) is 0 Å². The van der Waals surface area contributed by atoms with Crippen molar-refractivity contribution >= 4 is 21.9 Å². The molecule has 0 amide bonds. The number of nitrogens with zero attached hydrogens (tertiary/aromatic N) is 4. The molecule has 0 unspecified atom stereocenters. The van der Waals surface area contributed by atoms with Gasteiger partial charge in [0, 0.05) is 12.4 Å². The van der Waals surface area contributed by atoms with E-state index in [-0.39, 0.29) is 101 Å². The van der Waals surface area contributed by atoms with Gasteiger partial charge in [0.1, 0.15) is 6.61 Å². The molecule has 38 heavy (non-hydrogen) atoms. The normalized spacial score (nSPS) is 11.0. The van der Waals surface area contributed by atoms with E-state index in [1.807, 2.05) is 6.07 Å². The molecule has 0 atom stereocenters. The molecule has 0 saturated carbocycles. The summed E-state index contributed by atoms with van der Waals surface area (Å²) >= 11 is 0. The van der Waals surface area contributed by atoms with Crippen molar-refractivity contribution in [3.05, 3.63) is 84.0 Å². The second-order valence-electron chi connectivity index (χ2n) is 7.29. The van der Waals surface area contributed by atoms with Gasteiger partial charge in [-0.25, -0.2) is 23.4 Å². The summed E-state index contributed by atoms with van der Waals surface area (Å²) in [6.45, 7) is -0.468. The maximum Gasteiger partial charge on any atom is 1.00 e. The average Bonchev–Trinajstić information content (AvgIpc) is 2.93. The van der Waals surface area contributed by atoms with Gasteiger partial charge in [-0.1, -0.05) is 42.5 Å². The number of para-hydroxylation sites is 2. The van der Waals surface area contributed by atoms with Gasteiger partial charge >= 0.3 is 51.4 Å². The summed E-state index contributed by atoms with van der Waals surface area (Å²) in [4.78, 5) is 16.9. The molecule has 2 N–H and O–H groups in total. The summed E-state index contributed by atoms with van der Waals surface area (Å²) in [5.41, 5.74) is 0.686. The standard InChI is InChI=1S/C25H23N5O6S.K.H/c1-34-19-10-5-6-11-20(19)36-21-22(30-37(32,33)17-12-18-8-3-2-4-9-18)28-24(23-26-13-7-14-27-23)29-25(21)35-16-15-31;;/h2-14,17,31H,15-16H2,1H3,(H,28,29,30);;/q;+1;-1. The van der Waals surface area contributed by atoms with E-state index in [1.165, 1.54) is 25.6 Å². The summed E-state index contributed by atoms with van der Waals surface area (Å²) in [6.07, 6.45) is 4.42. The number of ether oxygens (including phenoxy) is 3. The van der Waals surface area contributed by atoms with Gasteiger partial charge in [-0.05, 0) is 29.8 Å². The van der Waals surface area contributed by atoms with Crippen LogP contribution in [0.4, 0.5) is 5.82 Å². The Morgan fingerprint density at radius 3 is 2.32 bits per heavy atom. The third kappa shape index (κ3) is 8.04. The number of methoxy groups -OCH3 is 1. The minimum Gasteiger partial charge on any atom is -1.00 e. The molecule has 4 rings (SSSR count). The Labute approximate surface area is 263 Å². The number of sulfonamides is 1. The molecule has 4 aromatic rings. The molecule has 0 spiro atoms. The van der Waals surface area contributed by atoms with Crippen LogP contribution in [0.15, 0.2) is 78.5 Å². The van der Waals surface area contributed by atoms with Gasteiger partial charge in [-0.3, -0.25) is 4.72 Å². The average molecular weight is 562 g/mol. The molecule has 13 heteroatoms. The molecule has 192 valence electrons. The minimum absolute atomic E-state index is 0.